The Morgan fingerprint density at radius 1 is 1.73 bits per heavy atom. The topological polar surface area (TPSA) is 44.7 Å². The minimum atomic E-state index is 0.00679. The maximum Gasteiger partial charge on any atom is 0.229 e. The van der Waals surface area contributed by atoms with Gasteiger partial charge in [0.2, 0.25) is 5.91 Å². The van der Waals surface area contributed by atoms with Crippen LogP contribution in [-0.2, 0) is 4.79 Å². The summed E-state index contributed by atoms with van der Waals surface area (Å²) in [4.78, 5) is 17.2. The van der Waals surface area contributed by atoms with Gasteiger partial charge in [-0.05, 0) is 6.08 Å². The standard InChI is InChI=1S/C11H11N3O/c1-3-9-6-11(15)14(7-9)10-4-5-12-8(2)13-10/h1,4-5,9,13H,2,6-7H2. The van der Waals surface area contributed by atoms with Crippen LogP contribution < -0.4 is 5.32 Å². The molecule has 1 atom stereocenters. The zero-order chi connectivity index (χ0) is 10.8. The number of allylic oxidation sites excluding steroid dienone is 1. The van der Waals surface area contributed by atoms with Gasteiger partial charge in [0, 0.05) is 25.1 Å². The molecule has 0 aromatic carbocycles. The monoisotopic (exact) mass is 201 g/mol. The summed E-state index contributed by atoms with van der Waals surface area (Å²) >= 11 is 0. The molecule has 0 radical (unpaired) electrons. The number of amides is 1. The van der Waals surface area contributed by atoms with Crippen LogP contribution >= 0.6 is 0 Å². The summed E-state index contributed by atoms with van der Waals surface area (Å²) in [5.41, 5.74) is 0. The van der Waals surface area contributed by atoms with Gasteiger partial charge in [-0.1, -0.05) is 6.58 Å². The Balaban J connectivity index is 2.16. The molecule has 4 nitrogen and oxygen atoms in total. The van der Waals surface area contributed by atoms with E-state index in [9.17, 15) is 4.79 Å². The van der Waals surface area contributed by atoms with Crippen molar-refractivity contribution in [3.63, 3.8) is 0 Å². The number of likely N-dealkylation sites (tertiary alicyclic amines) is 1. The molecular formula is C11H11N3O. The average Bonchev–Trinajstić information content (AvgIpc) is 2.60. The largest absolute Gasteiger partial charge is 0.327 e. The molecule has 0 aliphatic carbocycles. The van der Waals surface area contributed by atoms with Crippen molar-refractivity contribution in [1.82, 2.24) is 10.2 Å². The first-order valence-corrected chi connectivity index (χ1v) is 4.67. The summed E-state index contributed by atoms with van der Waals surface area (Å²) < 4.78 is 0. The van der Waals surface area contributed by atoms with Crippen LogP contribution in [0.3, 0.4) is 0 Å². The van der Waals surface area contributed by atoms with Crippen molar-refractivity contribution in [2.24, 2.45) is 10.9 Å². The van der Waals surface area contributed by atoms with E-state index >= 15 is 0 Å². The number of carbonyl (C=O) groups is 1. The zero-order valence-corrected chi connectivity index (χ0v) is 8.23. The lowest BCUT2D eigenvalue weighted by Crippen LogP contribution is -2.33. The van der Waals surface area contributed by atoms with Crippen molar-refractivity contribution >= 4 is 12.1 Å². The number of nitrogens with zero attached hydrogens (tertiary/aromatic N) is 2. The van der Waals surface area contributed by atoms with Crippen molar-refractivity contribution in [2.45, 2.75) is 6.42 Å². The van der Waals surface area contributed by atoms with E-state index in [4.69, 9.17) is 6.42 Å². The molecule has 2 rings (SSSR count). The molecule has 1 fully saturated rings. The fourth-order valence-corrected chi connectivity index (χ4v) is 1.63. The molecular weight excluding hydrogens is 190 g/mol. The number of terminal acetylenes is 1. The number of rotatable bonds is 1. The Morgan fingerprint density at radius 2 is 2.53 bits per heavy atom. The molecule has 2 aliphatic rings. The van der Waals surface area contributed by atoms with Gasteiger partial charge in [-0.25, -0.2) is 4.99 Å². The third kappa shape index (κ3) is 1.77. The van der Waals surface area contributed by atoms with Gasteiger partial charge in [0.25, 0.3) is 0 Å². The Morgan fingerprint density at radius 3 is 3.13 bits per heavy atom. The van der Waals surface area contributed by atoms with Crippen LogP contribution in [0.2, 0.25) is 0 Å². The molecule has 1 N–H and O–H groups in total. The molecule has 1 amide bonds. The molecule has 0 saturated carbocycles. The molecule has 4 heteroatoms. The van der Waals surface area contributed by atoms with Crippen molar-refractivity contribution in [3.05, 3.63) is 24.3 Å². The van der Waals surface area contributed by atoms with Gasteiger partial charge in [0.05, 0.1) is 0 Å². The zero-order valence-electron chi connectivity index (χ0n) is 8.23. The summed E-state index contributed by atoms with van der Waals surface area (Å²) in [5.74, 6) is 3.89. The number of carbonyl (C=O) groups excluding carboxylic acids is 1. The van der Waals surface area contributed by atoms with E-state index in [2.05, 4.69) is 22.8 Å². The van der Waals surface area contributed by atoms with E-state index in [1.165, 1.54) is 0 Å². The fraction of sp³-hybridized carbons (Fsp3) is 0.273. The predicted molar refractivity (Wildman–Crippen MR) is 57.5 cm³/mol. The van der Waals surface area contributed by atoms with Crippen molar-refractivity contribution in [1.29, 1.82) is 0 Å². The lowest BCUT2D eigenvalue weighted by Gasteiger charge is -2.22. The summed E-state index contributed by atoms with van der Waals surface area (Å²) in [5, 5.41) is 2.94. The highest BCUT2D eigenvalue weighted by Gasteiger charge is 2.31. The van der Waals surface area contributed by atoms with Gasteiger partial charge in [-0.15, -0.1) is 12.3 Å². The normalized spacial score (nSPS) is 24.9. The van der Waals surface area contributed by atoms with E-state index in [1.807, 2.05) is 0 Å². The van der Waals surface area contributed by atoms with Gasteiger partial charge in [0.1, 0.15) is 11.6 Å². The van der Waals surface area contributed by atoms with E-state index in [1.54, 1.807) is 17.2 Å². The molecule has 0 aromatic rings. The van der Waals surface area contributed by atoms with Gasteiger partial charge in [-0.2, -0.15) is 0 Å². The second-order valence-electron chi connectivity index (χ2n) is 3.47. The summed E-state index contributed by atoms with van der Waals surface area (Å²) in [6.45, 7) is 4.24. The first-order valence-electron chi connectivity index (χ1n) is 4.67. The third-order valence-corrected chi connectivity index (χ3v) is 2.39. The molecule has 0 aromatic heterocycles. The van der Waals surface area contributed by atoms with Crippen LogP contribution in [0.15, 0.2) is 29.3 Å². The molecule has 76 valence electrons. The molecule has 15 heavy (non-hydrogen) atoms. The molecule has 0 bridgehead atoms. The smallest absolute Gasteiger partial charge is 0.229 e. The van der Waals surface area contributed by atoms with Crippen LogP contribution in [0, 0.1) is 18.3 Å². The highest BCUT2D eigenvalue weighted by Crippen LogP contribution is 2.21. The highest BCUT2D eigenvalue weighted by molar-refractivity contribution is 5.83. The Kier molecular flexibility index (Phi) is 2.30. The van der Waals surface area contributed by atoms with Crippen LogP contribution in [0.25, 0.3) is 0 Å². The Labute approximate surface area is 88.4 Å². The maximum atomic E-state index is 11.6. The van der Waals surface area contributed by atoms with Gasteiger partial charge < -0.3 is 5.32 Å². The van der Waals surface area contributed by atoms with Crippen LogP contribution in [-0.4, -0.2) is 23.6 Å². The second kappa shape index (κ2) is 3.62. The van der Waals surface area contributed by atoms with Crippen molar-refractivity contribution < 1.29 is 4.79 Å². The minimum Gasteiger partial charge on any atom is -0.327 e. The number of nitrogens with one attached hydrogen (secondary N) is 1. The van der Waals surface area contributed by atoms with E-state index < -0.39 is 0 Å². The molecule has 1 saturated heterocycles. The molecule has 2 aliphatic heterocycles. The van der Waals surface area contributed by atoms with Gasteiger partial charge >= 0.3 is 0 Å². The molecule has 0 spiro atoms. The van der Waals surface area contributed by atoms with Crippen LogP contribution in [0.4, 0.5) is 0 Å². The number of hydrogen-bond acceptors (Lipinski definition) is 3. The highest BCUT2D eigenvalue weighted by atomic mass is 16.2. The fourth-order valence-electron chi connectivity index (χ4n) is 1.63. The Hall–Kier alpha value is -2.02. The predicted octanol–water partition coefficient (Wildman–Crippen LogP) is 0.455. The minimum absolute atomic E-state index is 0.00679. The molecule has 2 heterocycles. The van der Waals surface area contributed by atoms with Crippen molar-refractivity contribution in [3.8, 4) is 12.3 Å². The summed E-state index contributed by atoms with van der Waals surface area (Å²) in [6, 6.07) is 0. The van der Waals surface area contributed by atoms with Crippen LogP contribution in [0.1, 0.15) is 6.42 Å². The SMILES string of the molecule is C#CC1CC(=O)N(C2=CC=NC(=C)N2)C1. The van der Waals surface area contributed by atoms with Crippen molar-refractivity contribution in [2.75, 3.05) is 6.54 Å². The third-order valence-electron chi connectivity index (χ3n) is 2.39. The number of hydrogen-bond donors (Lipinski definition) is 1. The summed E-state index contributed by atoms with van der Waals surface area (Å²) in [6.07, 6.45) is 9.08. The maximum absolute atomic E-state index is 11.6. The first-order chi connectivity index (χ1) is 7.20. The summed E-state index contributed by atoms with van der Waals surface area (Å²) in [7, 11) is 0. The number of aliphatic imine (C=N–C) groups is 1. The average molecular weight is 201 g/mol. The van der Waals surface area contributed by atoms with Gasteiger partial charge in [0.15, 0.2) is 0 Å². The quantitative estimate of drug-likeness (QED) is 0.626. The van der Waals surface area contributed by atoms with E-state index in [-0.39, 0.29) is 11.8 Å². The molecule has 1 unspecified atom stereocenters. The van der Waals surface area contributed by atoms with E-state index in [0.717, 1.165) is 0 Å². The van der Waals surface area contributed by atoms with Gasteiger partial charge in [-0.3, -0.25) is 9.69 Å². The lowest BCUT2D eigenvalue weighted by atomic mass is 10.1. The van der Waals surface area contributed by atoms with E-state index in [0.29, 0.717) is 24.6 Å². The first kappa shape index (κ1) is 9.53. The lowest BCUT2D eigenvalue weighted by molar-refractivity contribution is -0.126. The second-order valence-corrected chi connectivity index (χ2v) is 3.47. The Bertz CT molecular complexity index is 414. The van der Waals surface area contributed by atoms with Crippen LogP contribution in [0.5, 0.6) is 0 Å².